The Balaban J connectivity index is 1.29. The van der Waals surface area contributed by atoms with Crippen LogP contribution in [0.2, 0.25) is 0 Å². The number of fused-ring (bicyclic) bond motifs is 3. The molecule has 0 unspecified atom stereocenters. The lowest BCUT2D eigenvalue weighted by Gasteiger charge is -2.40. The molecule has 3 aromatic carbocycles. The standard InChI is InChI=1S/C37H40N2O12/c1-5-47-30(40)12-11-25(36(43)48-6-2)39-35(42)19-7-9-21(10-8-19)38-33-23-16-27-26(50-18-51-27)15-22(23)31(32-24(33)17-49-37(32)44)20-13-28(45-3)34(41)29(14-20)46-4/h7-10,13-16,24-25,31-33,38,41H,5-6,11-12,17-18H2,1-4H3,(H,39,42)/t24-,25-,31+,32-,33+/m0/s1. The predicted molar refractivity (Wildman–Crippen MR) is 180 cm³/mol. The molecule has 14 heteroatoms. The molecule has 5 atom stereocenters. The maximum Gasteiger partial charge on any atom is 0.328 e. The average Bonchev–Trinajstić information content (AvgIpc) is 3.76. The van der Waals surface area contributed by atoms with E-state index in [-0.39, 0.29) is 74.2 Å². The maximum absolute atomic E-state index is 13.5. The zero-order chi connectivity index (χ0) is 36.2. The van der Waals surface area contributed by atoms with Gasteiger partial charge in [-0.1, -0.05) is 0 Å². The molecule has 0 saturated carbocycles. The number of ether oxygens (including phenoxy) is 7. The Morgan fingerprint density at radius 2 is 1.55 bits per heavy atom. The molecule has 51 heavy (non-hydrogen) atoms. The van der Waals surface area contributed by atoms with Crippen LogP contribution in [0.5, 0.6) is 28.7 Å². The van der Waals surface area contributed by atoms with E-state index in [0.717, 1.165) is 11.1 Å². The van der Waals surface area contributed by atoms with Crippen LogP contribution in [0.25, 0.3) is 0 Å². The van der Waals surface area contributed by atoms with Gasteiger partial charge in [0.25, 0.3) is 5.91 Å². The van der Waals surface area contributed by atoms with Gasteiger partial charge in [-0.15, -0.1) is 0 Å². The zero-order valence-corrected chi connectivity index (χ0v) is 28.7. The number of carbonyl (C=O) groups is 4. The number of hydrogen-bond acceptors (Lipinski definition) is 13. The third-order valence-corrected chi connectivity index (χ3v) is 9.34. The first-order valence-electron chi connectivity index (χ1n) is 16.7. The number of phenols is 1. The number of rotatable bonds is 13. The Hall–Kier alpha value is -5.66. The van der Waals surface area contributed by atoms with Gasteiger partial charge in [0.2, 0.25) is 12.5 Å². The molecule has 2 heterocycles. The molecule has 1 saturated heterocycles. The van der Waals surface area contributed by atoms with Crippen molar-refractivity contribution >= 4 is 29.5 Å². The summed E-state index contributed by atoms with van der Waals surface area (Å²) < 4.78 is 38.1. The fourth-order valence-electron chi connectivity index (χ4n) is 6.97. The van der Waals surface area contributed by atoms with Crippen molar-refractivity contribution < 1.29 is 57.4 Å². The van der Waals surface area contributed by atoms with E-state index >= 15 is 0 Å². The van der Waals surface area contributed by atoms with Crippen LogP contribution < -0.4 is 29.6 Å². The van der Waals surface area contributed by atoms with Crippen molar-refractivity contribution in [3.05, 3.63) is 70.8 Å². The highest BCUT2D eigenvalue weighted by Crippen LogP contribution is 2.56. The summed E-state index contributed by atoms with van der Waals surface area (Å²) in [5.41, 5.74) is 3.29. The van der Waals surface area contributed by atoms with Crippen molar-refractivity contribution in [3.8, 4) is 28.7 Å². The summed E-state index contributed by atoms with van der Waals surface area (Å²) in [6.45, 7) is 3.88. The molecule has 0 aromatic heterocycles. The van der Waals surface area contributed by atoms with E-state index in [1.54, 1.807) is 50.2 Å². The molecule has 0 bridgehead atoms. The highest BCUT2D eigenvalue weighted by molar-refractivity contribution is 5.97. The lowest BCUT2D eigenvalue weighted by Crippen LogP contribution is -2.42. The summed E-state index contributed by atoms with van der Waals surface area (Å²) >= 11 is 0. The first-order valence-corrected chi connectivity index (χ1v) is 16.7. The number of benzene rings is 3. The van der Waals surface area contributed by atoms with Crippen LogP contribution >= 0.6 is 0 Å². The van der Waals surface area contributed by atoms with E-state index in [2.05, 4.69) is 10.6 Å². The van der Waals surface area contributed by atoms with Gasteiger partial charge in [-0.25, -0.2) is 4.79 Å². The fourth-order valence-corrected chi connectivity index (χ4v) is 6.97. The molecule has 14 nitrogen and oxygen atoms in total. The van der Waals surface area contributed by atoms with Gasteiger partial charge in [0.1, 0.15) is 6.04 Å². The minimum Gasteiger partial charge on any atom is -0.502 e. The second kappa shape index (κ2) is 15.1. The monoisotopic (exact) mass is 704 g/mol. The molecule has 0 spiro atoms. The molecule has 2 aliphatic heterocycles. The van der Waals surface area contributed by atoms with E-state index in [1.807, 2.05) is 12.1 Å². The molecule has 1 aliphatic carbocycles. The van der Waals surface area contributed by atoms with Gasteiger partial charge in [0, 0.05) is 29.5 Å². The first kappa shape index (κ1) is 35.2. The van der Waals surface area contributed by atoms with E-state index < -0.39 is 41.8 Å². The minimum atomic E-state index is -1.04. The third-order valence-electron chi connectivity index (χ3n) is 9.34. The lowest BCUT2D eigenvalue weighted by molar-refractivity contribution is -0.147. The molecular formula is C37H40N2O12. The van der Waals surface area contributed by atoms with Crippen LogP contribution in [-0.4, -0.2) is 75.8 Å². The Bertz CT molecular complexity index is 1780. The van der Waals surface area contributed by atoms with Crippen LogP contribution in [0.15, 0.2) is 48.5 Å². The van der Waals surface area contributed by atoms with Crippen LogP contribution in [0.3, 0.4) is 0 Å². The molecule has 270 valence electrons. The number of nitrogens with one attached hydrogen (secondary N) is 2. The van der Waals surface area contributed by atoms with Gasteiger partial charge in [-0.3, -0.25) is 14.4 Å². The number of aromatic hydroxyl groups is 1. The summed E-state index contributed by atoms with van der Waals surface area (Å²) in [5.74, 6) is -2.09. The van der Waals surface area contributed by atoms with Crippen LogP contribution in [-0.2, 0) is 28.6 Å². The molecule has 3 aromatic rings. The summed E-state index contributed by atoms with van der Waals surface area (Å²) in [6.07, 6.45) is -0.0383. The van der Waals surface area contributed by atoms with Crippen LogP contribution in [0, 0.1) is 11.8 Å². The van der Waals surface area contributed by atoms with Gasteiger partial charge in [-0.05, 0) is 85.5 Å². The lowest BCUT2D eigenvalue weighted by atomic mass is 9.65. The highest BCUT2D eigenvalue weighted by atomic mass is 16.7. The van der Waals surface area contributed by atoms with Gasteiger partial charge < -0.3 is 48.9 Å². The van der Waals surface area contributed by atoms with E-state index in [0.29, 0.717) is 22.7 Å². The number of hydrogen-bond donors (Lipinski definition) is 3. The van der Waals surface area contributed by atoms with Gasteiger partial charge >= 0.3 is 17.9 Å². The number of amides is 1. The van der Waals surface area contributed by atoms with Crippen molar-refractivity contribution in [3.63, 3.8) is 0 Å². The Labute approximate surface area is 294 Å². The average molecular weight is 705 g/mol. The summed E-state index contributed by atoms with van der Waals surface area (Å²) in [5, 5.41) is 16.9. The first-order chi connectivity index (χ1) is 24.7. The normalized spacial score (nSPS) is 20.3. The summed E-state index contributed by atoms with van der Waals surface area (Å²) in [4.78, 5) is 51.2. The van der Waals surface area contributed by atoms with Gasteiger partial charge in [0.15, 0.2) is 23.0 Å². The Morgan fingerprint density at radius 3 is 2.18 bits per heavy atom. The maximum atomic E-state index is 13.5. The minimum absolute atomic E-state index is 0.0244. The number of anilines is 1. The molecule has 1 fully saturated rings. The predicted octanol–water partition coefficient (Wildman–Crippen LogP) is 4.23. The molecular weight excluding hydrogens is 664 g/mol. The Morgan fingerprint density at radius 1 is 0.902 bits per heavy atom. The van der Waals surface area contributed by atoms with Crippen LogP contribution in [0.1, 0.15) is 65.7 Å². The van der Waals surface area contributed by atoms with Crippen molar-refractivity contribution in [1.29, 1.82) is 0 Å². The third kappa shape index (κ3) is 7.03. The van der Waals surface area contributed by atoms with Crippen LogP contribution in [0.4, 0.5) is 5.69 Å². The van der Waals surface area contributed by atoms with Crippen molar-refractivity contribution in [2.45, 2.75) is 44.7 Å². The van der Waals surface area contributed by atoms with Gasteiger partial charge in [-0.2, -0.15) is 0 Å². The fraction of sp³-hybridized carbons (Fsp3) is 0.405. The summed E-state index contributed by atoms with van der Waals surface area (Å²) in [6, 6.07) is 12.4. The quantitative estimate of drug-likeness (QED) is 0.170. The van der Waals surface area contributed by atoms with Crippen molar-refractivity contribution in [1.82, 2.24) is 5.32 Å². The topological polar surface area (TPSA) is 177 Å². The number of esters is 3. The largest absolute Gasteiger partial charge is 0.502 e. The number of carbonyl (C=O) groups excluding carboxylic acids is 4. The highest BCUT2D eigenvalue weighted by Gasteiger charge is 2.52. The van der Waals surface area contributed by atoms with Gasteiger partial charge in [0.05, 0.1) is 46.0 Å². The molecule has 0 radical (unpaired) electrons. The second-order valence-electron chi connectivity index (χ2n) is 12.2. The molecule has 6 rings (SSSR count). The summed E-state index contributed by atoms with van der Waals surface area (Å²) in [7, 11) is 2.88. The second-order valence-corrected chi connectivity index (χ2v) is 12.2. The van der Waals surface area contributed by atoms with E-state index in [9.17, 15) is 24.3 Å². The zero-order valence-electron chi connectivity index (χ0n) is 28.7. The number of methoxy groups -OCH3 is 2. The SMILES string of the molecule is CCOC(=O)CC[C@H](NC(=O)c1ccc(N[C@@H]2c3cc4c(cc3[C@@H](c3cc(OC)c(O)c(OC)c3)[C@H]3C(=O)OC[C@@H]32)OCO4)cc1)C(=O)OCC. The van der Waals surface area contributed by atoms with Crippen molar-refractivity contribution in [2.75, 3.05) is 46.1 Å². The number of cyclic esters (lactones) is 1. The smallest absolute Gasteiger partial charge is 0.328 e. The van der Waals surface area contributed by atoms with E-state index in [1.165, 1.54) is 14.2 Å². The van der Waals surface area contributed by atoms with Crippen molar-refractivity contribution in [2.24, 2.45) is 11.8 Å². The number of phenolic OH excluding ortho intramolecular Hbond substituents is 1. The van der Waals surface area contributed by atoms with E-state index in [4.69, 9.17) is 33.2 Å². The Kier molecular flexibility index (Phi) is 10.4. The molecule has 3 aliphatic rings. The molecule has 3 N–H and O–H groups in total. The molecule has 1 amide bonds.